The summed E-state index contributed by atoms with van der Waals surface area (Å²) in [5.41, 5.74) is 1.28. The van der Waals surface area contributed by atoms with Crippen LogP contribution in [0.25, 0.3) is 12.2 Å². The molecule has 0 amide bonds. The molecule has 0 saturated heterocycles. The van der Waals surface area contributed by atoms with E-state index in [9.17, 15) is 4.79 Å². The molecular formula is C15H15NO3S. The summed E-state index contributed by atoms with van der Waals surface area (Å²) in [4.78, 5) is 12.6. The SMILES string of the molecule is CCOC(=O)c1cc(/C=C/c2ccccc2SC)on1. The molecule has 0 radical (unpaired) electrons. The van der Waals surface area contributed by atoms with Gasteiger partial charge in [0.2, 0.25) is 0 Å². The number of ether oxygens (including phenoxy) is 1. The predicted octanol–water partition coefficient (Wildman–Crippen LogP) is 3.74. The third kappa shape index (κ3) is 3.51. The molecule has 1 aromatic heterocycles. The first-order valence-corrected chi connectivity index (χ1v) is 7.42. The van der Waals surface area contributed by atoms with Crippen LogP contribution in [0.15, 0.2) is 39.8 Å². The molecule has 20 heavy (non-hydrogen) atoms. The summed E-state index contributed by atoms with van der Waals surface area (Å²) in [6.07, 6.45) is 5.74. The smallest absolute Gasteiger partial charge is 0.360 e. The van der Waals surface area contributed by atoms with Crippen molar-refractivity contribution >= 4 is 29.9 Å². The number of thioether (sulfide) groups is 1. The van der Waals surface area contributed by atoms with Crippen molar-refractivity contribution in [2.24, 2.45) is 0 Å². The minimum absolute atomic E-state index is 0.185. The quantitative estimate of drug-likeness (QED) is 0.620. The van der Waals surface area contributed by atoms with Gasteiger partial charge < -0.3 is 9.26 Å². The van der Waals surface area contributed by atoms with E-state index in [1.165, 1.54) is 4.90 Å². The van der Waals surface area contributed by atoms with Gasteiger partial charge >= 0.3 is 5.97 Å². The molecule has 0 unspecified atom stereocenters. The number of carbonyl (C=O) groups is 1. The number of rotatable bonds is 5. The summed E-state index contributed by atoms with van der Waals surface area (Å²) in [6.45, 7) is 2.07. The second-order valence-corrected chi connectivity index (χ2v) is 4.76. The monoisotopic (exact) mass is 289 g/mol. The second-order valence-electron chi connectivity index (χ2n) is 3.91. The maximum absolute atomic E-state index is 11.5. The zero-order chi connectivity index (χ0) is 14.4. The molecule has 2 aromatic rings. The van der Waals surface area contributed by atoms with Gasteiger partial charge in [0.05, 0.1) is 6.61 Å². The molecule has 1 aromatic carbocycles. The topological polar surface area (TPSA) is 52.3 Å². The zero-order valence-corrected chi connectivity index (χ0v) is 12.1. The number of hydrogen-bond donors (Lipinski definition) is 0. The Balaban J connectivity index is 2.14. The number of hydrogen-bond acceptors (Lipinski definition) is 5. The van der Waals surface area contributed by atoms with E-state index in [1.807, 2.05) is 30.5 Å². The van der Waals surface area contributed by atoms with E-state index in [1.54, 1.807) is 30.8 Å². The maximum Gasteiger partial charge on any atom is 0.360 e. The van der Waals surface area contributed by atoms with Gasteiger partial charge in [-0.15, -0.1) is 11.8 Å². The van der Waals surface area contributed by atoms with Crippen LogP contribution < -0.4 is 0 Å². The number of carbonyl (C=O) groups excluding carboxylic acids is 1. The molecule has 0 bridgehead atoms. The van der Waals surface area contributed by atoms with Crippen LogP contribution in [-0.4, -0.2) is 24.0 Å². The highest BCUT2D eigenvalue weighted by molar-refractivity contribution is 7.98. The summed E-state index contributed by atoms with van der Waals surface area (Å²) < 4.78 is 9.93. The van der Waals surface area contributed by atoms with E-state index in [2.05, 4.69) is 11.2 Å². The molecule has 0 atom stereocenters. The fourth-order valence-corrected chi connectivity index (χ4v) is 2.23. The van der Waals surface area contributed by atoms with Gasteiger partial charge in [0, 0.05) is 11.0 Å². The van der Waals surface area contributed by atoms with Crippen molar-refractivity contribution in [2.45, 2.75) is 11.8 Å². The fourth-order valence-electron chi connectivity index (χ4n) is 1.65. The van der Waals surface area contributed by atoms with Crippen LogP contribution in [0.1, 0.15) is 28.7 Å². The summed E-state index contributed by atoms with van der Waals surface area (Å²) in [7, 11) is 0. The largest absolute Gasteiger partial charge is 0.461 e. The molecule has 4 nitrogen and oxygen atoms in total. The first-order valence-electron chi connectivity index (χ1n) is 6.19. The minimum Gasteiger partial charge on any atom is -0.461 e. The van der Waals surface area contributed by atoms with Crippen LogP contribution in [0, 0.1) is 0 Å². The van der Waals surface area contributed by atoms with Crippen LogP contribution in [0.4, 0.5) is 0 Å². The summed E-state index contributed by atoms with van der Waals surface area (Å²) in [5.74, 6) is 0.0457. The van der Waals surface area contributed by atoms with E-state index in [0.29, 0.717) is 12.4 Å². The molecule has 2 rings (SSSR count). The van der Waals surface area contributed by atoms with Gasteiger partial charge in [-0.1, -0.05) is 29.4 Å². The molecule has 0 N–H and O–H groups in total. The average molecular weight is 289 g/mol. The lowest BCUT2D eigenvalue weighted by Crippen LogP contribution is -2.04. The molecule has 5 heteroatoms. The number of benzene rings is 1. The molecule has 104 valence electrons. The molecular weight excluding hydrogens is 274 g/mol. The Morgan fingerprint density at radius 3 is 2.95 bits per heavy atom. The minimum atomic E-state index is -0.472. The summed E-state index contributed by atoms with van der Waals surface area (Å²) in [5, 5.41) is 3.68. The highest BCUT2D eigenvalue weighted by Gasteiger charge is 2.11. The maximum atomic E-state index is 11.5. The number of nitrogens with zero attached hydrogens (tertiary/aromatic N) is 1. The van der Waals surface area contributed by atoms with E-state index in [4.69, 9.17) is 9.26 Å². The molecule has 0 fully saturated rings. The van der Waals surface area contributed by atoms with Crippen LogP contribution in [0.2, 0.25) is 0 Å². The van der Waals surface area contributed by atoms with Crippen molar-refractivity contribution in [1.82, 2.24) is 5.16 Å². The van der Waals surface area contributed by atoms with Crippen LogP contribution in [-0.2, 0) is 4.74 Å². The Hall–Kier alpha value is -2.01. The van der Waals surface area contributed by atoms with Crippen molar-refractivity contribution in [3.8, 4) is 0 Å². The van der Waals surface area contributed by atoms with E-state index in [-0.39, 0.29) is 5.69 Å². The molecule has 0 aliphatic rings. The van der Waals surface area contributed by atoms with Gasteiger partial charge in [0.15, 0.2) is 11.5 Å². The third-order valence-electron chi connectivity index (χ3n) is 2.58. The number of esters is 1. The second kappa shape index (κ2) is 6.96. The first kappa shape index (κ1) is 14.4. The van der Waals surface area contributed by atoms with Gasteiger partial charge in [-0.05, 0) is 30.9 Å². The van der Waals surface area contributed by atoms with Crippen molar-refractivity contribution in [3.05, 3.63) is 47.3 Å². The zero-order valence-electron chi connectivity index (χ0n) is 11.3. The van der Waals surface area contributed by atoms with Crippen LogP contribution >= 0.6 is 11.8 Å². The summed E-state index contributed by atoms with van der Waals surface area (Å²) in [6, 6.07) is 9.61. The van der Waals surface area contributed by atoms with Gasteiger partial charge in [-0.3, -0.25) is 0 Å². The lowest BCUT2D eigenvalue weighted by molar-refractivity contribution is 0.0514. The van der Waals surface area contributed by atoms with Gasteiger partial charge in [-0.2, -0.15) is 0 Å². The van der Waals surface area contributed by atoms with E-state index < -0.39 is 5.97 Å². The third-order valence-corrected chi connectivity index (χ3v) is 3.39. The highest BCUT2D eigenvalue weighted by atomic mass is 32.2. The van der Waals surface area contributed by atoms with Crippen LogP contribution in [0.3, 0.4) is 0 Å². The predicted molar refractivity (Wildman–Crippen MR) is 79.6 cm³/mol. The van der Waals surface area contributed by atoms with Gasteiger partial charge in [-0.25, -0.2) is 4.79 Å². The standard InChI is InChI=1S/C15H15NO3S/c1-3-18-15(17)13-10-12(19-16-13)9-8-11-6-4-5-7-14(11)20-2/h4-10H,3H2,1-2H3/b9-8+. The molecule has 0 aliphatic carbocycles. The van der Waals surface area contributed by atoms with E-state index >= 15 is 0 Å². The van der Waals surface area contributed by atoms with Gasteiger partial charge in [0.1, 0.15) is 0 Å². The van der Waals surface area contributed by atoms with E-state index in [0.717, 1.165) is 5.56 Å². The van der Waals surface area contributed by atoms with Crippen molar-refractivity contribution in [1.29, 1.82) is 0 Å². The molecule has 0 spiro atoms. The van der Waals surface area contributed by atoms with Crippen molar-refractivity contribution in [2.75, 3.05) is 12.9 Å². The molecule has 1 heterocycles. The lowest BCUT2D eigenvalue weighted by Gasteiger charge is -2.00. The van der Waals surface area contributed by atoms with Gasteiger partial charge in [0.25, 0.3) is 0 Å². The summed E-state index contributed by atoms with van der Waals surface area (Å²) >= 11 is 1.68. The molecule has 0 saturated carbocycles. The van der Waals surface area contributed by atoms with Crippen LogP contribution in [0.5, 0.6) is 0 Å². The Morgan fingerprint density at radius 2 is 2.20 bits per heavy atom. The first-order chi connectivity index (χ1) is 9.74. The Bertz CT molecular complexity index is 619. The fraction of sp³-hybridized carbons (Fsp3) is 0.200. The molecule has 0 aliphatic heterocycles. The average Bonchev–Trinajstić information content (AvgIpc) is 2.94. The van der Waals surface area contributed by atoms with Crippen molar-refractivity contribution < 1.29 is 14.1 Å². The highest BCUT2D eigenvalue weighted by Crippen LogP contribution is 2.22. The normalized spacial score (nSPS) is 10.9. The Kier molecular flexibility index (Phi) is 5.01. The Labute approximate surface area is 121 Å². The lowest BCUT2D eigenvalue weighted by atomic mass is 10.2. The van der Waals surface area contributed by atoms with Crippen molar-refractivity contribution in [3.63, 3.8) is 0 Å². The number of aromatic nitrogens is 1. The Morgan fingerprint density at radius 1 is 1.40 bits per heavy atom.